The molecule has 0 aliphatic heterocycles. The number of aryl methyl sites for hydroxylation is 1. The van der Waals surface area contributed by atoms with Crippen LogP contribution in [0.25, 0.3) is 0 Å². The Balaban J connectivity index is 1.75. The molecule has 0 saturated heterocycles. The summed E-state index contributed by atoms with van der Waals surface area (Å²) in [5.74, 6) is 0. The second kappa shape index (κ2) is 7.96. The molecule has 2 aromatic rings. The first-order valence-corrected chi connectivity index (χ1v) is 7.94. The second-order valence-corrected chi connectivity index (χ2v) is 5.79. The summed E-state index contributed by atoms with van der Waals surface area (Å²) in [4.78, 5) is 15.8. The molecule has 0 saturated carbocycles. The lowest BCUT2D eigenvalue weighted by atomic mass is 10.1. The number of hydrogen-bond acceptors (Lipinski definition) is 3. The fourth-order valence-electron chi connectivity index (χ4n) is 1.99. The number of anilines is 1. The highest BCUT2D eigenvalue weighted by Gasteiger charge is 2.33. The number of para-hydroxylation sites is 1. The van der Waals surface area contributed by atoms with Gasteiger partial charge in [-0.15, -0.1) is 11.3 Å². The van der Waals surface area contributed by atoms with E-state index in [0.717, 1.165) is 30.3 Å². The Morgan fingerprint density at radius 2 is 2.00 bits per heavy atom. The largest absolute Gasteiger partial charge is 0.418 e. The molecule has 1 heterocycles. The molecule has 124 valence electrons. The average Bonchev–Trinajstić information content (AvgIpc) is 2.99. The highest BCUT2D eigenvalue weighted by Crippen LogP contribution is 2.34. The zero-order valence-electron chi connectivity index (χ0n) is 12.2. The normalized spacial score (nSPS) is 11.3. The number of alkyl halides is 3. The Morgan fingerprint density at radius 3 is 2.70 bits per heavy atom. The van der Waals surface area contributed by atoms with Crippen LogP contribution in [0.2, 0.25) is 0 Å². The summed E-state index contributed by atoms with van der Waals surface area (Å²) in [5, 5.41) is 7.73. The van der Waals surface area contributed by atoms with Crippen LogP contribution in [0.15, 0.2) is 35.8 Å². The second-order valence-electron chi connectivity index (χ2n) is 4.81. The molecular weight excluding hydrogens is 327 g/mol. The van der Waals surface area contributed by atoms with Gasteiger partial charge in [-0.25, -0.2) is 9.78 Å². The number of rotatable bonds is 6. The van der Waals surface area contributed by atoms with Crippen molar-refractivity contribution in [1.29, 1.82) is 0 Å². The van der Waals surface area contributed by atoms with E-state index in [1.807, 2.05) is 5.38 Å². The van der Waals surface area contributed by atoms with Crippen molar-refractivity contribution in [3.05, 3.63) is 46.4 Å². The molecule has 0 atom stereocenters. The quantitative estimate of drug-likeness (QED) is 0.768. The van der Waals surface area contributed by atoms with Gasteiger partial charge in [-0.05, 0) is 31.4 Å². The third kappa shape index (κ3) is 5.55. The molecule has 0 unspecified atom stereocenters. The topological polar surface area (TPSA) is 54.0 Å². The van der Waals surface area contributed by atoms with Gasteiger partial charge in [0, 0.05) is 18.1 Å². The van der Waals surface area contributed by atoms with E-state index in [-0.39, 0.29) is 5.69 Å². The van der Waals surface area contributed by atoms with E-state index in [0.29, 0.717) is 6.54 Å². The summed E-state index contributed by atoms with van der Waals surface area (Å²) in [6.45, 7) is 0.394. The van der Waals surface area contributed by atoms with Gasteiger partial charge in [-0.2, -0.15) is 13.2 Å². The predicted octanol–water partition coefficient (Wildman–Crippen LogP) is 4.31. The number of thiazole rings is 1. The Morgan fingerprint density at radius 1 is 1.22 bits per heavy atom. The number of nitrogens with one attached hydrogen (secondary N) is 2. The van der Waals surface area contributed by atoms with Crippen LogP contribution in [-0.2, 0) is 12.6 Å². The van der Waals surface area contributed by atoms with Gasteiger partial charge in [0.15, 0.2) is 0 Å². The highest BCUT2D eigenvalue weighted by atomic mass is 32.1. The number of hydrogen-bond donors (Lipinski definition) is 2. The number of carbonyl (C=O) groups excluding carboxylic acids is 1. The van der Waals surface area contributed by atoms with Gasteiger partial charge < -0.3 is 10.6 Å². The van der Waals surface area contributed by atoms with Crippen LogP contribution in [0.1, 0.15) is 23.4 Å². The lowest BCUT2D eigenvalue weighted by Crippen LogP contribution is -2.30. The van der Waals surface area contributed by atoms with E-state index in [9.17, 15) is 18.0 Å². The first-order chi connectivity index (χ1) is 11.0. The molecule has 8 heteroatoms. The van der Waals surface area contributed by atoms with Gasteiger partial charge in [0.2, 0.25) is 0 Å². The summed E-state index contributed by atoms with van der Waals surface area (Å²) >= 11 is 1.58. The van der Waals surface area contributed by atoms with Crippen LogP contribution in [0.3, 0.4) is 0 Å². The number of benzene rings is 1. The number of urea groups is 1. The van der Waals surface area contributed by atoms with Crippen molar-refractivity contribution in [3.8, 4) is 0 Å². The molecule has 1 aromatic heterocycles. The number of amides is 2. The van der Waals surface area contributed by atoms with E-state index in [1.165, 1.54) is 18.2 Å². The van der Waals surface area contributed by atoms with Crippen molar-refractivity contribution in [2.45, 2.75) is 25.4 Å². The molecule has 0 aliphatic carbocycles. The summed E-state index contributed by atoms with van der Waals surface area (Å²) in [7, 11) is 0. The third-order valence-electron chi connectivity index (χ3n) is 3.07. The Bertz CT molecular complexity index is 629. The average molecular weight is 343 g/mol. The molecule has 1 aromatic carbocycles. The zero-order chi connectivity index (χ0) is 16.7. The monoisotopic (exact) mass is 343 g/mol. The first kappa shape index (κ1) is 17.3. The standard InChI is InChI=1S/C15H16F3N3OS/c16-15(17,18)11-5-1-2-6-12(11)21-14(22)20-8-4-3-7-13-19-9-10-23-13/h1-2,5-6,9-10H,3-4,7-8H2,(H2,20,21,22). The molecule has 2 rings (SSSR count). The van der Waals surface area contributed by atoms with E-state index >= 15 is 0 Å². The van der Waals surface area contributed by atoms with Gasteiger partial charge in [-0.3, -0.25) is 0 Å². The minimum atomic E-state index is -4.50. The van der Waals surface area contributed by atoms with Gasteiger partial charge in [-0.1, -0.05) is 12.1 Å². The van der Waals surface area contributed by atoms with E-state index < -0.39 is 17.8 Å². The number of aromatic nitrogens is 1. The van der Waals surface area contributed by atoms with Crippen molar-refractivity contribution < 1.29 is 18.0 Å². The van der Waals surface area contributed by atoms with Crippen LogP contribution in [0, 0.1) is 0 Å². The molecule has 2 N–H and O–H groups in total. The van der Waals surface area contributed by atoms with Gasteiger partial charge >= 0.3 is 12.2 Å². The molecule has 0 aliphatic rings. The van der Waals surface area contributed by atoms with Crippen LogP contribution >= 0.6 is 11.3 Å². The molecule has 23 heavy (non-hydrogen) atoms. The zero-order valence-corrected chi connectivity index (χ0v) is 13.0. The predicted molar refractivity (Wildman–Crippen MR) is 83.5 cm³/mol. The number of carbonyl (C=O) groups is 1. The fourth-order valence-corrected chi connectivity index (χ4v) is 2.65. The Kier molecular flexibility index (Phi) is 5.97. The lowest BCUT2D eigenvalue weighted by molar-refractivity contribution is -0.136. The van der Waals surface area contributed by atoms with E-state index in [1.54, 1.807) is 17.5 Å². The maximum absolute atomic E-state index is 12.8. The molecule has 0 spiro atoms. The van der Waals surface area contributed by atoms with Crippen molar-refractivity contribution in [2.75, 3.05) is 11.9 Å². The lowest BCUT2D eigenvalue weighted by Gasteiger charge is -2.13. The van der Waals surface area contributed by atoms with Gasteiger partial charge in [0.1, 0.15) is 0 Å². The molecule has 0 bridgehead atoms. The number of unbranched alkanes of at least 4 members (excludes halogenated alkanes) is 1. The van der Waals surface area contributed by atoms with Gasteiger partial charge in [0.25, 0.3) is 0 Å². The maximum Gasteiger partial charge on any atom is 0.418 e. The van der Waals surface area contributed by atoms with Crippen molar-refractivity contribution in [2.24, 2.45) is 0 Å². The summed E-state index contributed by atoms with van der Waals surface area (Å²) < 4.78 is 38.4. The summed E-state index contributed by atoms with van der Waals surface area (Å²) in [6.07, 6.45) is -0.347. The van der Waals surface area contributed by atoms with E-state index in [2.05, 4.69) is 15.6 Å². The Labute approximate surface area is 135 Å². The summed E-state index contributed by atoms with van der Waals surface area (Å²) in [5.41, 5.74) is -1.11. The van der Waals surface area contributed by atoms with Crippen LogP contribution in [-0.4, -0.2) is 17.6 Å². The SMILES string of the molecule is O=C(NCCCCc1nccs1)Nc1ccccc1C(F)(F)F. The molecule has 4 nitrogen and oxygen atoms in total. The fraction of sp³-hybridized carbons (Fsp3) is 0.333. The van der Waals surface area contributed by atoms with Crippen molar-refractivity contribution >= 4 is 23.1 Å². The van der Waals surface area contributed by atoms with Crippen LogP contribution in [0.5, 0.6) is 0 Å². The van der Waals surface area contributed by atoms with Crippen LogP contribution in [0.4, 0.5) is 23.7 Å². The minimum absolute atomic E-state index is 0.250. The minimum Gasteiger partial charge on any atom is -0.338 e. The van der Waals surface area contributed by atoms with E-state index in [4.69, 9.17) is 0 Å². The Hall–Kier alpha value is -2.09. The van der Waals surface area contributed by atoms with Crippen LogP contribution < -0.4 is 10.6 Å². The maximum atomic E-state index is 12.8. The van der Waals surface area contributed by atoms with Crippen molar-refractivity contribution in [3.63, 3.8) is 0 Å². The molecular formula is C15H16F3N3OS. The highest BCUT2D eigenvalue weighted by molar-refractivity contribution is 7.09. The number of halogens is 3. The smallest absolute Gasteiger partial charge is 0.338 e. The van der Waals surface area contributed by atoms with Gasteiger partial charge in [0.05, 0.1) is 16.3 Å². The van der Waals surface area contributed by atoms with Crippen molar-refractivity contribution in [1.82, 2.24) is 10.3 Å². The molecule has 0 radical (unpaired) electrons. The molecule has 2 amide bonds. The summed E-state index contributed by atoms with van der Waals surface area (Å²) in [6, 6.07) is 4.24. The third-order valence-corrected chi connectivity index (χ3v) is 3.91. The molecule has 0 fully saturated rings. The number of nitrogens with zero attached hydrogens (tertiary/aromatic N) is 1. The first-order valence-electron chi connectivity index (χ1n) is 7.06.